The minimum Gasteiger partial charge on any atom is -0.396 e. The van der Waals surface area contributed by atoms with Gasteiger partial charge < -0.3 is 15.5 Å². The quantitative estimate of drug-likeness (QED) is 0.786. The zero-order valence-electron chi connectivity index (χ0n) is 10.1. The lowest BCUT2D eigenvalue weighted by Gasteiger charge is -2.13. The van der Waals surface area contributed by atoms with Crippen molar-refractivity contribution in [1.82, 2.24) is 5.32 Å². The second-order valence-electron chi connectivity index (χ2n) is 4.78. The summed E-state index contributed by atoms with van der Waals surface area (Å²) in [7, 11) is 0. The average molecular weight is 288 g/mol. The molecule has 2 rings (SSSR count). The van der Waals surface area contributed by atoms with E-state index in [4.69, 9.17) is 16.7 Å². The Morgan fingerprint density at radius 2 is 2.21 bits per heavy atom. The van der Waals surface area contributed by atoms with Gasteiger partial charge in [0.2, 0.25) is 0 Å². The number of benzene rings is 1. The Morgan fingerprint density at radius 3 is 2.79 bits per heavy atom. The second-order valence-corrected chi connectivity index (χ2v) is 5.18. The van der Waals surface area contributed by atoms with Gasteiger partial charge >= 0.3 is 0 Å². The molecule has 0 unspecified atom stereocenters. The van der Waals surface area contributed by atoms with Crippen LogP contribution in [-0.4, -0.2) is 34.9 Å². The van der Waals surface area contributed by atoms with Crippen LogP contribution in [0.5, 0.6) is 0 Å². The summed E-state index contributed by atoms with van der Waals surface area (Å²) in [6.07, 6.45) is 0.303. The van der Waals surface area contributed by atoms with E-state index < -0.39 is 17.8 Å². The topological polar surface area (TPSA) is 69.6 Å². The SMILES string of the molecule is O=C(N[C@H]1C[C@@H](CO)[C@H](O)C1)c1ccc(F)cc1Cl. The van der Waals surface area contributed by atoms with Gasteiger partial charge in [0, 0.05) is 18.6 Å². The highest BCUT2D eigenvalue weighted by Crippen LogP contribution is 2.26. The highest BCUT2D eigenvalue weighted by atomic mass is 35.5. The van der Waals surface area contributed by atoms with Crippen molar-refractivity contribution in [3.8, 4) is 0 Å². The molecule has 4 nitrogen and oxygen atoms in total. The summed E-state index contributed by atoms with van der Waals surface area (Å²) >= 11 is 5.80. The van der Waals surface area contributed by atoms with Crippen molar-refractivity contribution in [2.45, 2.75) is 25.0 Å². The number of hydrogen-bond acceptors (Lipinski definition) is 3. The number of amides is 1. The van der Waals surface area contributed by atoms with E-state index in [0.717, 1.165) is 6.07 Å². The van der Waals surface area contributed by atoms with Crippen LogP contribution in [0.1, 0.15) is 23.2 Å². The third-order valence-corrected chi connectivity index (χ3v) is 3.72. The maximum Gasteiger partial charge on any atom is 0.253 e. The van der Waals surface area contributed by atoms with Crippen molar-refractivity contribution >= 4 is 17.5 Å². The highest BCUT2D eigenvalue weighted by Gasteiger charge is 2.33. The number of halogens is 2. The lowest BCUT2D eigenvalue weighted by Crippen LogP contribution is -2.33. The van der Waals surface area contributed by atoms with E-state index in [9.17, 15) is 14.3 Å². The zero-order chi connectivity index (χ0) is 14.0. The molecule has 1 aromatic rings. The molecule has 0 aromatic heterocycles. The fraction of sp³-hybridized carbons (Fsp3) is 0.462. The largest absolute Gasteiger partial charge is 0.396 e. The van der Waals surface area contributed by atoms with Crippen LogP contribution in [0, 0.1) is 11.7 Å². The first kappa shape index (κ1) is 14.2. The Labute approximate surface area is 115 Å². The van der Waals surface area contributed by atoms with Gasteiger partial charge in [-0.3, -0.25) is 4.79 Å². The zero-order valence-corrected chi connectivity index (χ0v) is 10.9. The third kappa shape index (κ3) is 3.23. The first-order valence-electron chi connectivity index (χ1n) is 6.06. The number of carbonyl (C=O) groups is 1. The molecule has 3 atom stereocenters. The molecule has 1 saturated carbocycles. The number of nitrogens with one attached hydrogen (secondary N) is 1. The summed E-state index contributed by atoms with van der Waals surface area (Å²) in [4.78, 5) is 12.0. The van der Waals surface area contributed by atoms with Gasteiger partial charge in [0.05, 0.1) is 16.7 Å². The van der Waals surface area contributed by atoms with Crippen molar-refractivity contribution in [3.63, 3.8) is 0 Å². The first-order valence-corrected chi connectivity index (χ1v) is 6.44. The van der Waals surface area contributed by atoms with E-state index in [1.54, 1.807) is 0 Å². The number of rotatable bonds is 3. The fourth-order valence-corrected chi connectivity index (χ4v) is 2.61. The minimum absolute atomic E-state index is 0.0507. The molecule has 0 spiro atoms. The van der Waals surface area contributed by atoms with Crippen LogP contribution in [0.2, 0.25) is 5.02 Å². The normalized spacial score (nSPS) is 26.4. The Kier molecular flexibility index (Phi) is 4.39. The number of carbonyl (C=O) groups excluding carboxylic acids is 1. The Bertz CT molecular complexity index is 483. The maximum absolute atomic E-state index is 12.9. The number of hydrogen-bond donors (Lipinski definition) is 3. The predicted octanol–water partition coefficient (Wildman–Crippen LogP) is 1.34. The molecule has 1 amide bonds. The van der Waals surface area contributed by atoms with Gasteiger partial charge in [-0.2, -0.15) is 0 Å². The van der Waals surface area contributed by atoms with E-state index in [1.807, 2.05) is 0 Å². The molecular weight excluding hydrogens is 273 g/mol. The monoisotopic (exact) mass is 287 g/mol. The van der Waals surface area contributed by atoms with E-state index in [0.29, 0.717) is 12.8 Å². The van der Waals surface area contributed by atoms with Gasteiger partial charge in [-0.25, -0.2) is 4.39 Å². The summed E-state index contributed by atoms with van der Waals surface area (Å²) in [5.74, 6) is -1.12. The van der Waals surface area contributed by atoms with Gasteiger partial charge in [-0.05, 0) is 31.0 Å². The molecule has 1 aliphatic rings. The summed E-state index contributed by atoms with van der Waals surface area (Å²) in [6.45, 7) is -0.106. The predicted molar refractivity (Wildman–Crippen MR) is 68.5 cm³/mol. The van der Waals surface area contributed by atoms with Crippen molar-refractivity contribution < 1.29 is 19.4 Å². The van der Waals surface area contributed by atoms with Crippen LogP contribution in [-0.2, 0) is 0 Å². The van der Waals surface area contributed by atoms with E-state index in [2.05, 4.69) is 5.32 Å². The van der Waals surface area contributed by atoms with Gasteiger partial charge in [0.25, 0.3) is 5.91 Å². The summed E-state index contributed by atoms with van der Waals surface area (Å²) < 4.78 is 12.9. The van der Waals surface area contributed by atoms with Crippen LogP contribution in [0.4, 0.5) is 4.39 Å². The fourth-order valence-electron chi connectivity index (χ4n) is 2.35. The molecule has 19 heavy (non-hydrogen) atoms. The molecule has 1 fully saturated rings. The summed E-state index contributed by atoms with van der Waals surface area (Å²) in [6, 6.07) is 3.36. The molecule has 1 aliphatic carbocycles. The number of aliphatic hydroxyl groups is 2. The standard InChI is InChI=1S/C13H15ClFNO3/c14-11-4-8(15)1-2-10(11)13(19)16-9-3-7(6-17)12(18)5-9/h1-2,4,7,9,12,17-18H,3,5-6H2,(H,16,19)/t7-,9-,12+/m0/s1. The van der Waals surface area contributed by atoms with Crippen LogP contribution < -0.4 is 5.32 Å². The first-order chi connectivity index (χ1) is 9.01. The molecule has 104 valence electrons. The Hall–Kier alpha value is -1.17. The van der Waals surface area contributed by atoms with Crippen LogP contribution in [0.3, 0.4) is 0 Å². The van der Waals surface area contributed by atoms with Crippen molar-refractivity contribution in [2.24, 2.45) is 5.92 Å². The molecule has 0 radical (unpaired) electrons. The van der Waals surface area contributed by atoms with Gasteiger partial charge in [-0.15, -0.1) is 0 Å². The van der Waals surface area contributed by atoms with Crippen LogP contribution in [0.25, 0.3) is 0 Å². The lowest BCUT2D eigenvalue weighted by atomic mass is 10.1. The van der Waals surface area contributed by atoms with Gasteiger partial charge in [0.15, 0.2) is 0 Å². The average Bonchev–Trinajstić information content (AvgIpc) is 2.69. The van der Waals surface area contributed by atoms with Crippen molar-refractivity contribution in [1.29, 1.82) is 0 Å². The third-order valence-electron chi connectivity index (χ3n) is 3.40. The lowest BCUT2D eigenvalue weighted by molar-refractivity contribution is 0.0903. The summed E-state index contributed by atoms with van der Waals surface area (Å²) in [5, 5.41) is 21.5. The van der Waals surface area contributed by atoms with Gasteiger partial charge in [-0.1, -0.05) is 11.6 Å². The molecular formula is C13H15ClFNO3. The van der Waals surface area contributed by atoms with Gasteiger partial charge in [0.1, 0.15) is 5.82 Å². The minimum atomic E-state index is -0.612. The second kappa shape index (κ2) is 5.86. The van der Waals surface area contributed by atoms with E-state index in [1.165, 1.54) is 12.1 Å². The highest BCUT2D eigenvalue weighted by molar-refractivity contribution is 6.33. The molecule has 6 heteroatoms. The van der Waals surface area contributed by atoms with Crippen LogP contribution >= 0.6 is 11.6 Å². The smallest absolute Gasteiger partial charge is 0.253 e. The molecule has 0 saturated heterocycles. The Balaban J connectivity index is 2.02. The van der Waals surface area contributed by atoms with Crippen LogP contribution in [0.15, 0.2) is 18.2 Å². The van der Waals surface area contributed by atoms with E-state index in [-0.39, 0.29) is 29.2 Å². The molecule has 1 aromatic carbocycles. The summed E-state index contributed by atoms with van der Waals surface area (Å²) in [5.41, 5.74) is 0.199. The molecule has 0 heterocycles. The van der Waals surface area contributed by atoms with Crippen molar-refractivity contribution in [3.05, 3.63) is 34.6 Å². The van der Waals surface area contributed by atoms with Crippen molar-refractivity contribution in [2.75, 3.05) is 6.61 Å². The molecule has 0 bridgehead atoms. The van der Waals surface area contributed by atoms with E-state index >= 15 is 0 Å². The molecule has 0 aliphatic heterocycles. The maximum atomic E-state index is 12.9. The molecule has 3 N–H and O–H groups in total. The number of aliphatic hydroxyl groups excluding tert-OH is 2. The Morgan fingerprint density at radius 1 is 1.47 bits per heavy atom.